The lowest BCUT2D eigenvalue weighted by Crippen LogP contribution is -2.44. The monoisotopic (exact) mass is 371 g/mol. The highest BCUT2D eigenvalue weighted by atomic mass is 32.1. The molecule has 3 aromatic rings. The zero-order valence-electron chi connectivity index (χ0n) is 14.4. The van der Waals surface area contributed by atoms with Crippen LogP contribution in [-0.4, -0.2) is 48.1 Å². The average Bonchev–Trinajstić information content (AvgIpc) is 3.25. The standard InChI is InChI=1S/C18H21N5S2/c1-13-9-15(24-12-13)16-11-20-18(25-16)21-17-10-14(3-4-19-17)23-7-5-22(2)6-8-23/h3-4,9-12H,5-8H2,1-2H3,(H,19,20,21). The number of rotatable bonds is 4. The summed E-state index contributed by atoms with van der Waals surface area (Å²) >= 11 is 3.42. The van der Waals surface area contributed by atoms with Gasteiger partial charge in [-0.2, -0.15) is 0 Å². The van der Waals surface area contributed by atoms with E-state index in [9.17, 15) is 0 Å². The molecule has 1 aliphatic heterocycles. The number of thiazole rings is 1. The lowest BCUT2D eigenvalue weighted by molar-refractivity contribution is 0.313. The van der Waals surface area contributed by atoms with E-state index in [2.05, 4.69) is 62.6 Å². The van der Waals surface area contributed by atoms with Gasteiger partial charge in [0, 0.05) is 55.2 Å². The molecule has 0 spiro atoms. The van der Waals surface area contributed by atoms with Gasteiger partial charge in [0.2, 0.25) is 0 Å². The highest BCUT2D eigenvalue weighted by molar-refractivity contribution is 7.23. The molecule has 4 heterocycles. The molecule has 0 atom stereocenters. The highest BCUT2D eigenvalue weighted by Gasteiger charge is 2.15. The number of aromatic nitrogens is 2. The van der Waals surface area contributed by atoms with Crippen molar-refractivity contribution in [2.24, 2.45) is 0 Å². The third-order valence-electron chi connectivity index (χ3n) is 4.33. The number of hydrogen-bond acceptors (Lipinski definition) is 7. The lowest BCUT2D eigenvalue weighted by Gasteiger charge is -2.34. The third kappa shape index (κ3) is 3.84. The van der Waals surface area contributed by atoms with Crippen molar-refractivity contribution in [2.45, 2.75) is 6.92 Å². The molecule has 1 aliphatic rings. The maximum absolute atomic E-state index is 4.50. The third-order valence-corrected chi connectivity index (χ3v) is 6.48. The van der Waals surface area contributed by atoms with Gasteiger partial charge in [0.05, 0.1) is 4.88 Å². The van der Waals surface area contributed by atoms with E-state index in [4.69, 9.17) is 0 Å². The van der Waals surface area contributed by atoms with Crippen LogP contribution >= 0.6 is 22.7 Å². The Labute approximate surface area is 156 Å². The summed E-state index contributed by atoms with van der Waals surface area (Å²) in [4.78, 5) is 16.2. The molecule has 0 bridgehead atoms. The SMILES string of the molecule is Cc1csc(-c2cnc(Nc3cc(N4CCN(C)CC4)ccn3)s2)c1. The van der Waals surface area contributed by atoms with Crippen LogP contribution in [0.5, 0.6) is 0 Å². The number of aryl methyl sites for hydroxylation is 1. The number of anilines is 3. The van der Waals surface area contributed by atoms with Crippen LogP contribution in [0.2, 0.25) is 0 Å². The molecule has 5 nitrogen and oxygen atoms in total. The Hall–Kier alpha value is -1.96. The fourth-order valence-corrected chi connectivity index (χ4v) is 4.67. The van der Waals surface area contributed by atoms with E-state index < -0.39 is 0 Å². The molecule has 0 aromatic carbocycles. The maximum Gasteiger partial charge on any atom is 0.188 e. The molecule has 25 heavy (non-hydrogen) atoms. The van der Waals surface area contributed by atoms with Gasteiger partial charge in [-0.05, 0) is 37.0 Å². The van der Waals surface area contributed by atoms with Crippen molar-refractivity contribution < 1.29 is 0 Å². The van der Waals surface area contributed by atoms with Gasteiger partial charge in [-0.25, -0.2) is 9.97 Å². The first kappa shape index (κ1) is 16.5. The van der Waals surface area contributed by atoms with Gasteiger partial charge in [-0.15, -0.1) is 11.3 Å². The minimum atomic E-state index is 0.847. The first-order valence-corrected chi connectivity index (χ1v) is 10.0. The minimum Gasteiger partial charge on any atom is -0.369 e. The molecule has 3 aromatic heterocycles. The lowest BCUT2D eigenvalue weighted by atomic mass is 10.2. The Bertz CT molecular complexity index is 849. The first-order valence-electron chi connectivity index (χ1n) is 8.35. The summed E-state index contributed by atoms with van der Waals surface area (Å²) in [6.07, 6.45) is 3.80. The fourth-order valence-electron chi connectivity index (χ4n) is 2.86. The number of piperazine rings is 1. The molecule has 130 valence electrons. The van der Waals surface area contributed by atoms with Gasteiger partial charge in [0.25, 0.3) is 0 Å². The van der Waals surface area contributed by atoms with Crippen molar-refractivity contribution in [1.82, 2.24) is 14.9 Å². The molecule has 1 N–H and O–H groups in total. The van der Waals surface area contributed by atoms with Gasteiger partial charge in [0.1, 0.15) is 5.82 Å². The molecular weight excluding hydrogens is 350 g/mol. The number of thiophene rings is 1. The molecule has 0 radical (unpaired) electrons. The fraction of sp³-hybridized carbons (Fsp3) is 0.333. The second-order valence-electron chi connectivity index (χ2n) is 6.33. The smallest absolute Gasteiger partial charge is 0.188 e. The van der Waals surface area contributed by atoms with Gasteiger partial charge < -0.3 is 15.1 Å². The Morgan fingerprint density at radius 3 is 2.68 bits per heavy atom. The van der Waals surface area contributed by atoms with Crippen molar-refractivity contribution in [1.29, 1.82) is 0 Å². The van der Waals surface area contributed by atoms with Crippen LogP contribution in [0, 0.1) is 6.92 Å². The number of nitrogens with one attached hydrogen (secondary N) is 1. The normalized spacial score (nSPS) is 15.5. The van der Waals surface area contributed by atoms with E-state index in [0.717, 1.165) is 37.1 Å². The van der Waals surface area contributed by atoms with Crippen LogP contribution in [0.4, 0.5) is 16.6 Å². The molecule has 0 saturated carbocycles. The van der Waals surface area contributed by atoms with Crippen LogP contribution in [0.1, 0.15) is 5.56 Å². The van der Waals surface area contributed by atoms with Crippen LogP contribution < -0.4 is 10.2 Å². The topological polar surface area (TPSA) is 44.3 Å². The summed E-state index contributed by atoms with van der Waals surface area (Å²) in [6.45, 7) is 6.43. The quantitative estimate of drug-likeness (QED) is 0.749. The predicted octanol–water partition coefficient (Wildman–Crippen LogP) is 4.07. The zero-order chi connectivity index (χ0) is 17.2. The van der Waals surface area contributed by atoms with E-state index in [-0.39, 0.29) is 0 Å². The molecule has 7 heteroatoms. The Morgan fingerprint density at radius 2 is 1.92 bits per heavy atom. The van der Waals surface area contributed by atoms with Crippen molar-refractivity contribution in [3.05, 3.63) is 41.5 Å². The second kappa shape index (κ2) is 7.11. The summed E-state index contributed by atoms with van der Waals surface area (Å²) < 4.78 is 0. The second-order valence-corrected chi connectivity index (χ2v) is 8.27. The van der Waals surface area contributed by atoms with E-state index >= 15 is 0 Å². The van der Waals surface area contributed by atoms with Crippen LogP contribution in [0.15, 0.2) is 36.0 Å². The van der Waals surface area contributed by atoms with E-state index in [1.807, 2.05) is 12.4 Å². The van der Waals surface area contributed by atoms with Gasteiger partial charge in [-0.1, -0.05) is 11.3 Å². The molecule has 0 unspecified atom stereocenters. The largest absolute Gasteiger partial charge is 0.369 e. The summed E-state index contributed by atoms with van der Waals surface area (Å²) in [5, 5.41) is 6.40. The van der Waals surface area contributed by atoms with Crippen LogP contribution in [-0.2, 0) is 0 Å². The maximum atomic E-state index is 4.50. The summed E-state index contributed by atoms with van der Waals surface area (Å²) in [5.74, 6) is 0.847. The highest BCUT2D eigenvalue weighted by Crippen LogP contribution is 2.34. The van der Waals surface area contributed by atoms with Crippen molar-refractivity contribution in [2.75, 3.05) is 43.4 Å². The minimum absolute atomic E-state index is 0.847. The van der Waals surface area contributed by atoms with Crippen LogP contribution in [0.3, 0.4) is 0 Å². The zero-order valence-corrected chi connectivity index (χ0v) is 16.0. The van der Waals surface area contributed by atoms with Crippen molar-refractivity contribution in [3.8, 4) is 9.75 Å². The predicted molar refractivity (Wildman–Crippen MR) is 107 cm³/mol. The Morgan fingerprint density at radius 1 is 1.08 bits per heavy atom. The van der Waals surface area contributed by atoms with E-state index in [1.165, 1.54) is 21.0 Å². The molecule has 4 rings (SSSR count). The number of likely N-dealkylation sites (N-methyl/N-ethyl adjacent to an activating group) is 1. The Balaban J connectivity index is 1.48. The van der Waals surface area contributed by atoms with Gasteiger partial charge in [-0.3, -0.25) is 0 Å². The van der Waals surface area contributed by atoms with Gasteiger partial charge >= 0.3 is 0 Å². The van der Waals surface area contributed by atoms with E-state index in [0.29, 0.717) is 0 Å². The summed E-state index contributed by atoms with van der Waals surface area (Å²) in [6, 6.07) is 6.40. The Kier molecular flexibility index (Phi) is 4.70. The number of pyridine rings is 1. The average molecular weight is 372 g/mol. The molecule has 0 amide bonds. The molecule has 0 aliphatic carbocycles. The molecule has 1 fully saturated rings. The number of nitrogens with zero attached hydrogens (tertiary/aromatic N) is 4. The summed E-state index contributed by atoms with van der Waals surface area (Å²) in [7, 11) is 2.17. The molecular formula is C18H21N5S2. The van der Waals surface area contributed by atoms with Crippen molar-refractivity contribution in [3.63, 3.8) is 0 Å². The number of hydrogen-bond donors (Lipinski definition) is 1. The van der Waals surface area contributed by atoms with E-state index in [1.54, 1.807) is 22.7 Å². The van der Waals surface area contributed by atoms with Crippen LogP contribution in [0.25, 0.3) is 9.75 Å². The first-order chi connectivity index (χ1) is 12.2. The van der Waals surface area contributed by atoms with Gasteiger partial charge in [0.15, 0.2) is 5.13 Å². The van der Waals surface area contributed by atoms with Crippen molar-refractivity contribution >= 4 is 39.3 Å². The summed E-state index contributed by atoms with van der Waals surface area (Å²) in [5.41, 5.74) is 2.51. The molecule has 1 saturated heterocycles.